The van der Waals surface area contributed by atoms with Gasteiger partial charge in [0, 0.05) is 11.9 Å². The molecule has 7 heteroatoms. The first kappa shape index (κ1) is 14.5. The van der Waals surface area contributed by atoms with E-state index in [2.05, 4.69) is 15.3 Å². The Morgan fingerprint density at radius 1 is 1.41 bits per heavy atom. The summed E-state index contributed by atoms with van der Waals surface area (Å²) >= 11 is 1.16. The van der Waals surface area contributed by atoms with Crippen LogP contribution in [0.1, 0.15) is 5.56 Å². The van der Waals surface area contributed by atoms with Crippen LogP contribution < -0.4 is 5.32 Å². The van der Waals surface area contributed by atoms with Gasteiger partial charge in [-0.3, -0.25) is 4.79 Å². The average Bonchev–Trinajstić information content (AvgIpc) is 2.92. The molecule has 5 nitrogen and oxygen atoms in total. The van der Waals surface area contributed by atoms with Crippen LogP contribution in [-0.2, 0) is 4.79 Å². The molecule has 0 aliphatic carbocycles. The van der Waals surface area contributed by atoms with Crippen molar-refractivity contribution in [3.05, 3.63) is 47.9 Å². The number of carbonyl (C=O) groups is 1. The van der Waals surface area contributed by atoms with Gasteiger partial charge in [-0.2, -0.15) is 4.98 Å². The van der Waals surface area contributed by atoms with Crippen LogP contribution in [0.5, 0.6) is 0 Å². The Balaban J connectivity index is 1.60. The Hall–Kier alpha value is -2.41. The molecule has 0 aliphatic rings. The molecule has 0 atom stereocenters. The fourth-order valence-corrected chi connectivity index (χ4v) is 2.43. The first-order valence-corrected chi connectivity index (χ1v) is 7.51. The number of aryl methyl sites for hydroxylation is 1. The SMILES string of the molecule is Cc1ccc(NC(=O)CSc2nc3ncccc3o2)cc1F. The molecular weight excluding hydrogens is 305 g/mol. The van der Waals surface area contributed by atoms with Gasteiger partial charge >= 0.3 is 0 Å². The number of oxazole rings is 1. The van der Waals surface area contributed by atoms with E-state index in [1.807, 2.05) is 0 Å². The van der Waals surface area contributed by atoms with Gasteiger partial charge in [-0.1, -0.05) is 17.8 Å². The summed E-state index contributed by atoms with van der Waals surface area (Å²) in [4.78, 5) is 20.1. The van der Waals surface area contributed by atoms with E-state index in [0.29, 0.717) is 27.7 Å². The van der Waals surface area contributed by atoms with E-state index >= 15 is 0 Å². The first-order chi connectivity index (χ1) is 10.6. The predicted octanol–water partition coefficient (Wildman–Crippen LogP) is 3.40. The predicted molar refractivity (Wildman–Crippen MR) is 82.3 cm³/mol. The molecular formula is C15H12FN3O2S. The number of hydrogen-bond donors (Lipinski definition) is 1. The third-order valence-electron chi connectivity index (χ3n) is 2.93. The van der Waals surface area contributed by atoms with Gasteiger partial charge < -0.3 is 9.73 Å². The van der Waals surface area contributed by atoms with Gasteiger partial charge in [-0.15, -0.1) is 0 Å². The minimum absolute atomic E-state index is 0.113. The molecule has 112 valence electrons. The third-order valence-corrected chi connectivity index (χ3v) is 3.76. The van der Waals surface area contributed by atoms with Crippen molar-refractivity contribution in [3.8, 4) is 0 Å². The zero-order chi connectivity index (χ0) is 15.5. The van der Waals surface area contributed by atoms with Crippen molar-refractivity contribution >= 4 is 34.6 Å². The highest BCUT2D eigenvalue weighted by atomic mass is 32.2. The third kappa shape index (κ3) is 3.25. The van der Waals surface area contributed by atoms with E-state index < -0.39 is 0 Å². The molecule has 0 aliphatic heterocycles. The molecule has 22 heavy (non-hydrogen) atoms. The molecule has 2 aromatic heterocycles. The fourth-order valence-electron chi connectivity index (χ4n) is 1.81. The lowest BCUT2D eigenvalue weighted by Gasteiger charge is -2.05. The van der Waals surface area contributed by atoms with Gasteiger partial charge in [-0.05, 0) is 36.8 Å². The van der Waals surface area contributed by atoms with E-state index in [-0.39, 0.29) is 17.5 Å². The van der Waals surface area contributed by atoms with Crippen LogP contribution in [-0.4, -0.2) is 21.6 Å². The van der Waals surface area contributed by atoms with Crippen molar-refractivity contribution in [1.29, 1.82) is 0 Å². The smallest absolute Gasteiger partial charge is 0.258 e. The van der Waals surface area contributed by atoms with E-state index in [9.17, 15) is 9.18 Å². The Bertz CT molecular complexity index is 802. The quantitative estimate of drug-likeness (QED) is 0.747. The lowest BCUT2D eigenvalue weighted by molar-refractivity contribution is -0.113. The number of carbonyl (C=O) groups excluding carboxylic acids is 1. The molecule has 0 saturated heterocycles. The molecule has 1 amide bonds. The van der Waals surface area contributed by atoms with E-state index in [1.54, 1.807) is 37.4 Å². The molecule has 1 N–H and O–H groups in total. The number of fused-ring (bicyclic) bond motifs is 1. The summed E-state index contributed by atoms with van der Waals surface area (Å²) in [6, 6.07) is 8.07. The van der Waals surface area contributed by atoms with Crippen LogP contribution in [0.2, 0.25) is 0 Å². The molecule has 2 heterocycles. The Labute approximate surface area is 129 Å². The second-order valence-corrected chi connectivity index (χ2v) is 5.53. The largest absolute Gasteiger partial charge is 0.430 e. The van der Waals surface area contributed by atoms with Gasteiger partial charge in [0.1, 0.15) is 5.82 Å². The Morgan fingerprint density at radius 2 is 2.27 bits per heavy atom. The lowest BCUT2D eigenvalue weighted by atomic mass is 10.2. The van der Waals surface area contributed by atoms with Crippen molar-refractivity contribution in [2.24, 2.45) is 0 Å². The number of thioether (sulfide) groups is 1. The fraction of sp³-hybridized carbons (Fsp3) is 0.133. The van der Waals surface area contributed by atoms with Crippen molar-refractivity contribution in [1.82, 2.24) is 9.97 Å². The summed E-state index contributed by atoms with van der Waals surface area (Å²) in [7, 11) is 0. The zero-order valence-corrected chi connectivity index (χ0v) is 12.5. The summed E-state index contributed by atoms with van der Waals surface area (Å²) < 4.78 is 18.9. The summed E-state index contributed by atoms with van der Waals surface area (Å²) in [6.07, 6.45) is 1.62. The van der Waals surface area contributed by atoms with Crippen molar-refractivity contribution < 1.29 is 13.6 Å². The number of halogens is 1. The molecule has 0 radical (unpaired) electrons. The maximum absolute atomic E-state index is 13.4. The average molecular weight is 317 g/mol. The van der Waals surface area contributed by atoms with Crippen LogP contribution in [0.25, 0.3) is 11.2 Å². The lowest BCUT2D eigenvalue weighted by Crippen LogP contribution is -2.14. The molecule has 3 rings (SSSR count). The summed E-state index contributed by atoms with van der Waals surface area (Å²) in [6.45, 7) is 1.66. The molecule has 0 bridgehead atoms. The second-order valence-electron chi connectivity index (χ2n) is 4.61. The highest BCUT2D eigenvalue weighted by Gasteiger charge is 2.10. The van der Waals surface area contributed by atoms with E-state index in [0.717, 1.165) is 11.8 Å². The minimum atomic E-state index is -0.351. The number of pyridine rings is 1. The maximum atomic E-state index is 13.4. The zero-order valence-electron chi connectivity index (χ0n) is 11.7. The van der Waals surface area contributed by atoms with E-state index in [4.69, 9.17) is 4.42 Å². The van der Waals surface area contributed by atoms with Crippen molar-refractivity contribution in [3.63, 3.8) is 0 Å². The number of hydrogen-bond acceptors (Lipinski definition) is 5. The van der Waals surface area contributed by atoms with Crippen LogP contribution in [0.15, 0.2) is 46.2 Å². The summed E-state index contributed by atoms with van der Waals surface area (Å²) in [5.41, 5.74) is 2.04. The molecule has 0 unspecified atom stereocenters. The van der Waals surface area contributed by atoms with Crippen molar-refractivity contribution in [2.75, 3.05) is 11.1 Å². The normalized spacial score (nSPS) is 10.8. The molecule has 0 saturated carbocycles. The Kier molecular flexibility index (Phi) is 4.06. The van der Waals surface area contributed by atoms with Crippen LogP contribution in [0.4, 0.5) is 10.1 Å². The molecule has 1 aromatic carbocycles. The van der Waals surface area contributed by atoms with Gasteiger partial charge in [-0.25, -0.2) is 9.37 Å². The van der Waals surface area contributed by atoms with Gasteiger partial charge in [0.25, 0.3) is 5.22 Å². The van der Waals surface area contributed by atoms with Crippen LogP contribution in [0.3, 0.4) is 0 Å². The number of nitrogens with zero attached hydrogens (tertiary/aromatic N) is 2. The number of benzene rings is 1. The molecule has 0 spiro atoms. The number of nitrogens with one attached hydrogen (secondary N) is 1. The number of aromatic nitrogens is 2. The molecule has 3 aromatic rings. The molecule has 0 fully saturated rings. The monoisotopic (exact) mass is 317 g/mol. The first-order valence-electron chi connectivity index (χ1n) is 6.52. The highest BCUT2D eigenvalue weighted by Crippen LogP contribution is 2.22. The number of rotatable bonds is 4. The summed E-state index contributed by atoms with van der Waals surface area (Å²) in [5.74, 6) is -0.499. The van der Waals surface area contributed by atoms with Crippen LogP contribution in [0, 0.1) is 12.7 Å². The van der Waals surface area contributed by atoms with Gasteiger partial charge in [0.05, 0.1) is 5.75 Å². The van der Waals surface area contributed by atoms with Gasteiger partial charge in [0.15, 0.2) is 11.2 Å². The topological polar surface area (TPSA) is 68.0 Å². The number of amides is 1. The van der Waals surface area contributed by atoms with Gasteiger partial charge in [0.2, 0.25) is 5.91 Å². The summed E-state index contributed by atoms with van der Waals surface area (Å²) in [5, 5.41) is 3.00. The van der Waals surface area contributed by atoms with Crippen LogP contribution >= 0.6 is 11.8 Å². The Morgan fingerprint density at radius 3 is 3.05 bits per heavy atom. The van der Waals surface area contributed by atoms with E-state index in [1.165, 1.54) is 6.07 Å². The standard InChI is InChI=1S/C15H12FN3O2S/c1-9-4-5-10(7-11(9)16)18-13(20)8-22-15-19-14-12(21-15)3-2-6-17-14/h2-7H,8H2,1H3,(H,18,20). The number of anilines is 1. The minimum Gasteiger partial charge on any atom is -0.430 e. The highest BCUT2D eigenvalue weighted by molar-refractivity contribution is 7.99. The van der Waals surface area contributed by atoms with Crippen molar-refractivity contribution in [2.45, 2.75) is 12.1 Å². The maximum Gasteiger partial charge on any atom is 0.258 e. The second kappa shape index (κ2) is 6.15.